The van der Waals surface area contributed by atoms with E-state index in [0.29, 0.717) is 27.1 Å². The zero-order valence-electron chi connectivity index (χ0n) is 21.7. The van der Waals surface area contributed by atoms with Gasteiger partial charge < -0.3 is 30.3 Å². The number of benzene rings is 2. The Morgan fingerprint density at radius 1 is 1.03 bits per heavy atom. The van der Waals surface area contributed by atoms with E-state index < -0.39 is 0 Å². The van der Waals surface area contributed by atoms with Crippen LogP contribution in [0, 0.1) is 0 Å². The highest BCUT2D eigenvalue weighted by Gasteiger charge is 2.24. The Bertz CT molecular complexity index is 1190. The number of aromatic nitrogens is 2. The molecule has 1 aliphatic rings. The van der Waals surface area contributed by atoms with Gasteiger partial charge in [-0.1, -0.05) is 38.7 Å². The van der Waals surface area contributed by atoms with Crippen LogP contribution in [0.4, 0.5) is 10.7 Å². The molecule has 1 unspecified atom stereocenters. The summed E-state index contributed by atoms with van der Waals surface area (Å²) in [7, 11) is 4.99. The minimum Gasteiger partial charge on any atom is -0.495 e. The van der Waals surface area contributed by atoms with Crippen LogP contribution < -0.4 is 20.7 Å². The Kier molecular flexibility index (Phi) is 11.4. The van der Waals surface area contributed by atoms with Crippen LogP contribution in [0.5, 0.6) is 11.5 Å². The van der Waals surface area contributed by atoms with Gasteiger partial charge in [0.15, 0.2) is 0 Å². The summed E-state index contributed by atoms with van der Waals surface area (Å²) in [5, 5.41) is 1.65. The molecule has 0 bridgehead atoms. The molecule has 1 aliphatic heterocycles. The molecule has 0 radical (unpaired) electrons. The standard InChI is InChI=1S/C16H13Cl2N3O2.C9H17NO2.H4NP/c1-22-11-6-12(23-2)15(18)13(14(11)17)8-3-4-10-9(5-8)7-20-16(19)21-10;1-9(2,3)12-8(11)10-6-4-5-7-10;1-2/h3-7H,1-2H3,(H2,19,20,21);4-7H2,1-3H3;1-2H2. The second-order valence-corrected chi connectivity index (χ2v) is 9.72. The predicted molar refractivity (Wildman–Crippen MR) is 153 cm³/mol. The molecule has 2 aromatic carbocycles. The number of rotatable bonds is 3. The first kappa shape index (κ1) is 30.6. The summed E-state index contributed by atoms with van der Waals surface area (Å²) in [6, 6.07) is 7.24. The maximum atomic E-state index is 11.4. The molecular formula is C25H34Cl2N5O4P. The third-order valence-corrected chi connectivity index (χ3v) is 5.97. The monoisotopic (exact) mass is 569 g/mol. The lowest BCUT2D eigenvalue weighted by atomic mass is 10.0. The molecule has 1 saturated heterocycles. The van der Waals surface area contributed by atoms with Crippen LogP contribution in [0.3, 0.4) is 0 Å². The minimum absolute atomic E-state index is 0.167. The van der Waals surface area contributed by atoms with Gasteiger partial charge in [0.2, 0.25) is 5.95 Å². The molecule has 3 aromatic rings. The first-order valence-corrected chi connectivity index (χ1v) is 12.9. The Hall–Kier alpha value is -2.58. The molecule has 1 aromatic heterocycles. The average molecular weight is 570 g/mol. The number of fused-ring (bicyclic) bond motifs is 1. The highest BCUT2D eigenvalue weighted by Crippen LogP contribution is 2.46. The van der Waals surface area contributed by atoms with Crippen LogP contribution in [-0.4, -0.2) is 53.9 Å². The lowest BCUT2D eigenvalue weighted by Crippen LogP contribution is -2.34. The lowest BCUT2D eigenvalue weighted by molar-refractivity contribution is 0.0295. The molecule has 1 amide bonds. The highest BCUT2D eigenvalue weighted by molar-refractivity contribution is 7.13. The highest BCUT2D eigenvalue weighted by atomic mass is 35.5. The summed E-state index contributed by atoms with van der Waals surface area (Å²) < 4.78 is 15.8. The number of anilines is 1. The van der Waals surface area contributed by atoms with Gasteiger partial charge in [0.05, 0.1) is 29.8 Å². The second-order valence-electron chi connectivity index (χ2n) is 8.96. The van der Waals surface area contributed by atoms with Crippen molar-refractivity contribution >= 4 is 55.5 Å². The van der Waals surface area contributed by atoms with Crippen LogP contribution in [0.2, 0.25) is 10.0 Å². The molecule has 0 aliphatic carbocycles. The van der Waals surface area contributed by atoms with Crippen molar-refractivity contribution < 1.29 is 19.0 Å². The summed E-state index contributed by atoms with van der Waals surface area (Å²) >= 11 is 12.9. The van der Waals surface area contributed by atoms with Crippen molar-refractivity contribution in [3.8, 4) is 22.6 Å². The number of nitrogen functional groups attached to an aromatic ring is 1. The van der Waals surface area contributed by atoms with Gasteiger partial charge in [-0.2, -0.15) is 0 Å². The fraction of sp³-hybridized carbons (Fsp3) is 0.400. The number of halogens is 2. The van der Waals surface area contributed by atoms with Gasteiger partial charge >= 0.3 is 6.09 Å². The van der Waals surface area contributed by atoms with E-state index in [-0.39, 0.29) is 17.6 Å². The second kappa shape index (κ2) is 13.8. The number of carbonyl (C=O) groups excluding carboxylic acids is 1. The molecular weight excluding hydrogens is 536 g/mol. The van der Waals surface area contributed by atoms with E-state index in [2.05, 4.69) is 15.5 Å². The molecule has 4 rings (SSSR count). The van der Waals surface area contributed by atoms with E-state index >= 15 is 0 Å². The third kappa shape index (κ3) is 8.20. The number of amides is 1. The van der Waals surface area contributed by atoms with Crippen molar-refractivity contribution in [2.45, 2.75) is 39.2 Å². The smallest absolute Gasteiger partial charge is 0.410 e. The van der Waals surface area contributed by atoms with Crippen LogP contribution in [0.25, 0.3) is 22.0 Å². The van der Waals surface area contributed by atoms with Gasteiger partial charge in [0.25, 0.3) is 0 Å². The normalized spacial score (nSPS) is 12.7. The quantitative estimate of drug-likeness (QED) is 0.370. The fourth-order valence-corrected chi connectivity index (χ4v) is 4.29. The third-order valence-electron chi connectivity index (χ3n) is 5.22. The number of hydrogen-bond donors (Lipinski definition) is 2. The Morgan fingerprint density at radius 2 is 1.59 bits per heavy atom. The average Bonchev–Trinajstić information content (AvgIpc) is 3.40. The molecule has 12 heteroatoms. The molecule has 1 atom stereocenters. The Morgan fingerprint density at radius 3 is 2.11 bits per heavy atom. The largest absolute Gasteiger partial charge is 0.495 e. The van der Waals surface area contributed by atoms with Crippen molar-refractivity contribution in [1.29, 1.82) is 0 Å². The lowest BCUT2D eigenvalue weighted by Gasteiger charge is -2.23. The van der Waals surface area contributed by atoms with Gasteiger partial charge in [0, 0.05) is 36.3 Å². The number of likely N-dealkylation sites (tertiary alicyclic amines) is 1. The van der Waals surface area contributed by atoms with Crippen molar-refractivity contribution in [2.24, 2.45) is 5.50 Å². The minimum atomic E-state index is -0.361. The van der Waals surface area contributed by atoms with E-state index in [1.165, 1.54) is 14.2 Å². The zero-order valence-corrected chi connectivity index (χ0v) is 24.3. The molecule has 2 heterocycles. The van der Waals surface area contributed by atoms with Crippen molar-refractivity contribution in [3.05, 3.63) is 40.5 Å². The topological polar surface area (TPSA) is 126 Å². The number of nitrogens with two attached hydrogens (primary N) is 2. The zero-order chi connectivity index (χ0) is 27.8. The molecule has 0 spiro atoms. The summed E-state index contributed by atoms with van der Waals surface area (Å²) in [4.78, 5) is 21.3. The van der Waals surface area contributed by atoms with Gasteiger partial charge in [-0.3, -0.25) is 0 Å². The first-order valence-electron chi connectivity index (χ1n) is 11.5. The van der Waals surface area contributed by atoms with E-state index in [9.17, 15) is 4.79 Å². The van der Waals surface area contributed by atoms with Crippen LogP contribution in [0.15, 0.2) is 30.5 Å². The van der Waals surface area contributed by atoms with Crippen molar-refractivity contribution in [3.63, 3.8) is 0 Å². The molecule has 0 saturated carbocycles. The first-order chi connectivity index (χ1) is 17.5. The van der Waals surface area contributed by atoms with E-state index in [4.69, 9.17) is 43.1 Å². The van der Waals surface area contributed by atoms with Gasteiger partial charge in [-0.25, -0.2) is 14.8 Å². The number of carbonyl (C=O) groups is 1. The van der Waals surface area contributed by atoms with Gasteiger partial charge in [-0.15, -0.1) is 0 Å². The summed E-state index contributed by atoms with van der Waals surface area (Å²) in [6.45, 7) is 7.38. The van der Waals surface area contributed by atoms with Crippen LogP contribution >= 0.6 is 32.6 Å². The maximum Gasteiger partial charge on any atom is 0.410 e. The van der Waals surface area contributed by atoms with Gasteiger partial charge in [-0.05, 0) is 51.3 Å². The predicted octanol–water partition coefficient (Wildman–Crippen LogP) is 5.96. The molecule has 37 heavy (non-hydrogen) atoms. The number of ether oxygens (including phenoxy) is 3. The van der Waals surface area contributed by atoms with Crippen molar-refractivity contribution in [2.75, 3.05) is 33.0 Å². The summed E-state index contributed by atoms with van der Waals surface area (Å²) in [5.41, 5.74) is 11.8. The molecule has 202 valence electrons. The number of methoxy groups -OCH3 is 2. The Balaban J connectivity index is 0.000000291. The van der Waals surface area contributed by atoms with E-state index in [0.717, 1.165) is 42.4 Å². The summed E-state index contributed by atoms with van der Waals surface area (Å²) in [5.74, 6) is 1.19. The number of nitrogens with zero attached hydrogens (tertiary/aromatic N) is 3. The van der Waals surface area contributed by atoms with E-state index in [1.54, 1.807) is 17.2 Å². The SMILES string of the molecule is CC(C)(C)OC(=O)N1CCCC1.COc1cc(OC)c(Cl)c(-c2ccc3nc(N)ncc3c2)c1Cl.NP. The molecule has 9 nitrogen and oxygen atoms in total. The summed E-state index contributed by atoms with van der Waals surface area (Å²) in [6.07, 6.45) is 3.71. The molecule has 1 fully saturated rings. The fourth-order valence-electron chi connectivity index (χ4n) is 3.57. The Labute approximate surface area is 230 Å². The van der Waals surface area contributed by atoms with Crippen LogP contribution in [-0.2, 0) is 4.74 Å². The van der Waals surface area contributed by atoms with Crippen molar-refractivity contribution in [1.82, 2.24) is 14.9 Å². The van der Waals surface area contributed by atoms with Crippen LogP contribution in [0.1, 0.15) is 33.6 Å². The van der Waals surface area contributed by atoms with E-state index in [1.807, 2.05) is 48.4 Å². The maximum absolute atomic E-state index is 11.4. The number of hydrogen-bond acceptors (Lipinski definition) is 8. The van der Waals surface area contributed by atoms with Gasteiger partial charge in [0.1, 0.15) is 17.1 Å². The molecule has 4 N–H and O–H groups in total.